The molecule has 4 nitrogen and oxygen atoms in total. The van der Waals surface area contributed by atoms with E-state index in [9.17, 15) is 4.79 Å². The molecule has 0 saturated carbocycles. The lowest BCUT2D eigenvalue weighted by molar-refractivity contribution is 0.0779. The summed E-state index contributed by atoms with van der Waals surface area (Å²) in [5.41, 5.74) is 0.606. The largest absolute Gasteiger partial charge is 0.370 e. The van der Waals surface area contributed by atoms with Crippen LogP contribution in [0, 0.1) is 5.92 Å². The molecule has 1 amide bonds. The molecule has 0 aromatic carbocycles. The number of carbonyl (C=O) groups is 1. The molecule has 0 radical (unpaired) electrons. The van der Waals surface area contributed by atoms with Crippen LogP contribution in [0.3, 0.4) is 0 Å². The van der Waals surface area contributed by atoms with Crippen molar-refractivity contribution in [1.82, 2.24) is 9.88 Å². The van der Waals surface area contributed by atoms with Crippen LogP contribution in [-0.4, -0.2) is 35.9 Å². The number of amides is 1. The zero-order valence-corrected chi connectivity index (χ0v) is 12.9. The molecule has 18 heavy (non-hydrogen) atoms. The van der Waals surface area contributed by atoms with Crippen molar-refractivity contribution in [3.8, 4) is 0 Å². The molecule has 100 valence electrons. The Morgan fingerprint density at radius 2 is 2.22 bits per heavy atom. The van der Waals surface area contributed by atoms with E-state index in [1.807, 2.05) is 20.0 Å². The molecule has 0 aliphatic rings. The van der Waals surface area contributed by atoms with Crippen LogP contribution in [0.4, 0.5) is 5.82 Å². The molecular formula is C13H20BrN3O. The third-order valence-electron chi connectivity index (χ3n) is 2.41. The minimum absolute atomic E-state index is 0.00606. The van der Waals surface area contributed by atoms with Crippen molar-refractivity contribution in [2.24, 2.45) is 5.92 Å². The van der Waals surface area contributed by atoms with Crippen LogP contribution < -0.4 is 5.32 Å². The number of nitrogens with zero attached hydrogens (tertiary/aromatic N) is 2. The van der Waals surface area contributed by atoms with Gasteiger partial charge in [-0.15, -0.1) is 0 Å². The lowest BCUT2D eigenvalue weighted by Crippen LogP contribution is -2.31. The monoisotopic (exact) mass is 313 g/mol. The molecule has 0 bridgehead atoms. The molecule has 1 rings (SSSR count). The van der Waals surface area contributed by atoms with Gasteiger partial charge in [-0.2, -0.15) is 0 Å². The molecule has 0 spiro atoms. The number of anilines is 1. The summed E-state index contributed by atoms with van der Waals surface area (Å²) in [5.74, 6) is 1.08. The molecule has 1 aromatic rings. The van der Waals surface area contributed by atoms with Crippen molar-refractivity contribution >= 4 is 27.7 Å². The number of pyridine rings is 1. The van der Waals surface area contributed by atoms with E-state index in [1.165, 1.54) is 0 Å². The predicted molar refractivity (Wildman–Crippen MR) is 77.9 cm³/mol. The topological polar surface area (TPSA) is 45.2 Å². The Balaban J connectivity index is 2.99. The van der Waals surface area contributed by atoms with Crippen molar-refractivity contribution in [2.45, 2.75) is 20.8 Å². The first kappa shape index (κ1) is 15.0. The minimum Gasteiger partial charge on any atom is -0.370 e. The Labute approximate surface area is 117 Å². The Bertz CT molecular complexity index is 421. The first-order valence-corrected chi connectivity index (χ1v) is 6.89. The van der Waals surface area contributed by atoms with Crippen LogP contribution in [0.25, 0.3) is 0 Å². The van der Waals surface area contributed by atoms with Crippen molar-refractivity contribution in [1.29, 1.82) is 0 Å². The van der Waals surface area contributed by atoms with Gasteiger partial charge in [0, 0.05) is 30.8 Å². The zero-order valence-electron chi connectivity index (χ0n) is 11.3. The quantitative estimate of drug-likeness (QED) is 0.909. The average Bonchev–Trinajstić information content (AvgIpc) is 2.30. The Morgan fingerprint density at radius 3 is 2.78 bits per heavy atom. The van der Waals surface area contributed by atoms with E-state index in [4.69, 9.17) is 0 Å². The highest BCUT2D eigenvalue weighted by Gasteiger charge is 2.17. The zero-order chi connectivity index (χ0) is 13.7. The van der Waals surface area contributed by atoms with Crippen molar-refractivity contribution in [2.75, 3.05) is 25.5 Å². The van der Waals surface area contributed by atoms with Gasteiger partial charge in [0.2, 0.25) is 0 Å². The fourth-order valence-corrected chi connectivity index (χ4v) is 2.08. The average molecular weight is 314 g/mol. The van der Waals surface area contributed by atoms with Crippen LogP contribution in [0.15, 0.2) is 16.7 Å². The number of aromatic nitrogens is 1. The maximum absolute atomic E-state index is 12.4. The van der Waals surface area contributed by atoms with Gasteiger partial charge in [-0.1, -0.05) is 13.8 Å². The normalized spacial score (nSPS) is 10.6. The van der Waals surface area contributed by atoms with Gasteiger partial charge in [-0.05, 0) is 34.8 Å². The number of nitrogens with one attached hydrogen (secondary N) is 1. The molecule has 1 N–H and O–H groups in total. The lowest BCUT2D eigenvalue weighted by Gasteiger charge is -2.20. The SMILES string of the molecule is CCNc1ncc(Br)cc1C(=O)N(C)CC(C)C. The number of halogens is 1. The lowest BCUT2D eigenvalue weighted by atomic mass is 10.2. The number of hydrogen-bond acceptors (Lipinski definition) is 3. The van der Waals surface area contributed by atoms with Crippen LogP contribution >= 0.6 is 15.9 Å². The van der Waals surface area contributed by atoms with E-state index in [1.54, 1.807) is 11.1 Å². The highest BCUT2D eigenvalue weighted by Crippen LogP contribution is 2.19. The van der Waals surface area contributed by atoms with Gasteiger partial charge in [-0.3, -0.25) is 4.79 Å². The second-order valence-corrected chi connectivity index (χ2v) is 5.58. The molecule has 0 fully saturated rings. The van der Waals surface area contributed by atoms with Gasteiger partial charge in [0.1, 0.15) is 5.82 Å². The standard InChI is InChI=1S/C13H20BrN3O/c1-5-15-12-11(6-10(14)7-16-12)13(18)17(4)8-9(2)3/h6-7,9H,5,8H2,1-4H3,(H,15,16). The van der Waals surface area contributed by atoms with Gasteiger partial charge in [-0.25, -0.2) is 4.98 Å². The van der Waals surface area contributed by atoms with Gasteiger partial charge in [0.15, 0.2) is 0 Å². The van der Waals surface area contributed by atoms with E-state index in [2.05, 4.69) is 40.1 Å². The summed E-state index contributed by atoms with van der Waals surface area (Å²) in [4.78, 5) is 18.3. The van der Waals surface area contributed by atoms with E-state index in [-0.39, 0.29) is 5.91 Å². The first-order chi connectivity index (χ1) is 8.45. The molecule has 0 saturated heterocycles. The molecule has 0 atom stereocenters. The number of rotatable bonds is 5. The molecule has 1 aromatic heterocycles. The van der Waals surface area contributed by atoms with E-state index in [0.29, 0.717) is 17.3 Å². The summed E-state index contributed by atoms with van der Waals surface area (Å²) in [7, 11) is 1.82. The second kappa shape index (κ2) is 6.73. The van der Waals surface area contributed by atoms with Crippen LogP contribution in [0.5, 0.6) is 0 Å². The maximum Gasteiger partial charge on any atom is 0.257 e. The van der Waals surface area contributed by atoms with Crippen molar-refractivity contribution < 1.29 is 4.79 Å². The highest BCUT2D eigenvalue weighted by molar-refractivity contribution is 9.10. The van der Waals surface area contributed by atoms with E-state index >= 15 is 0 Å². The van der Waals surface area contributed by atoms with Gasteiger partial charge in [0.25, 0.3) is 5.91 Å². The van der Waals surface area contributed by atoms with Crippen LogP contribution in [0.1, 0.15) is 31.1 Å². The van der Waals surface area contributed by atoms with Gasteiger partial charge < -0.3 is 10.2 Å². The first-order valence-electron chi connectivity index (χ1n) is 6.10. The predicted octanol–water partition coefficient (Wildman–Crippen LogP) is 3.00. The van der Waals surface area contributed by atoms with E-state index < -0.39 is 0 Å². The Kier molecular flexibility index (Phi) is 5.59. The third kappa shape index (κ3) is 3.98. The van der Waals surface area contributed by atoms with Gasteiger partial charge >= 0.3 is 0 Å². The molecule has 1 heterocycles. The summed E-state index contributed by atoms with van der Waals surface area (Å²) < 4.78 is 0.811. The Hall–Kier alpha value is -1.10. The number of hydrogen-bond donors (Lipinski definition) is 1. The second-order valence-electron chi connectivity index (χ2n) is 4.66. The van der Waals surface area contributed by atoms with Crippen LogP contribution in [0.2, 0.25) is 0 Å². The molecule has 0 aliphatic carbocycles. The van der Waals surface area contributed by atoms with Crippen molar-refractivity contribution in [3.05, 3.63) is 22.3 Å². The van der Waals surface area contributed by atoms with Crippen molar-refractivity contribution in [3.63, 3.8) is 0 Å². The Morgan fingerprint density at radius 1 is 1.56 bits per heavy atom. The molecule has 0 aliphatic heterocycles. The molecular weight excluding hydrogens is 294 g/mol. The summed E-state index contributed by atoms with van der Waals surface area (Å²) in [6, 6.07) is 1.81. The highest BCUT2D eigenvalue weighted by atomic mass is 79.9. The summed E-state index contributed by atoms with van der Waals surface area (Å²) >= 11 is 3.35. The smallest absolute Gasteiger partial charge is 0.257 e. The molecule has 5 heteroatoms. The minimum atomic E-state index is -0.00606. The maximum atomic E-state index is 12.4. The third-order valence-corrected chi connectivity index (χ3v) is 2.85. The fraction of sp³-hybridized carbons (Fsp3) is 0.538. The molecule has 0 unspecified atom stereocenters. The number of carbonyl (C=O) groups excluding carboxylic acids is 1. The summed E-state index contributed by atoms with van der Waals surface area (Å²) in [6.45, 7) is 7.64. The summed E-state index contributed by atoms with van der Waals surface area (Å²) in [5, 5.41) is 3.11. The van der Waals surface area contributed by atoms with E-state index in [0.717, 1.165) is 17.6 Å². The van der Waals surface area contributed by atoms with Crippen LogP contribution in [-0.2, 0) is 0 Å². The summed E-state index contributed by atoms with van der Waals surface area (Å²) in [6.07, 6.45) is 1.69. The fourth-order valence-electron chi connectivity index (χ4n) is 1.75. The van der Waals surface area contributed by atoms with Gasteiger partial charge in [0.05, 0.1) is 5.56 Å².